The number of rotatable bonds is 6. The number of nitrogens with one attached hydrogen (secondary N) is 1. The summed E-state index contributed by atoms with van der Waals surface area (Å²) in [5, 5.41) is 7.85. The van der Waals surface area contributed by atoms with Crippen molar-refractivity contribution in [2.75, 3.05) is 18.4 Å². The second-order valence-electron chi connectivity index (χ2n) is 7.15. The summed E-state index contributed by atoms with van der Waals surface area (Å²) in [5.74, 6) is 0.912. The van der Waals surface area contributed by atoms with Crippen molar-refractivity contribution in [3.63, 3.8) is 0 Å². The largest absolute Gasteiger partial charge is 0.367 e. The zero-order valence-electron chi connectivity index (χ0n) is 14.5. The Hall–Kier alpha value is -2.25. The minimum Gasteiger partial charge on any atom is -0.367 e. The molecular formula is C19H21N5OS. The minimum atomic E-state index is 0.506. The molecule has 0 spiro atoms. The lowest BCUT2D eigenvalue weighted by Gasteiger charge is -2.12. The SMILES string of the molecule is O=Cc1cnn2c(NC3CC3)cc(-c3ccc(CN4CCCC4)s3)nc12. The highest BCUT2D eigenvalue weighted by Crippen LogP contribution is 2.32. The Morgan fingerprint density at radius 1 is 1.27 bits per heavy atom. The third kappa shape index (κ3) is 3.01. The Morgan fingerprint density at radius 2 is 2.12 bits per heavy atom. The maximum Gasteiger partial charge on any atom is 0.168 e. The number of fused-ring (bicyclic) bond motifs is 1. The van der Waals surface area contributed by atoms with Gasteiger partial charge in [0.2, 0.25) is 0 Å². The van der Waals surface area contributed by atoms with E-state index in [4.69, 9.17) is 4.98 Å². The van der Waals surface area contributed by atoms with Crippen molar-refractivity contribution in [1.29, 1.82) is 0 Å². The second kappa shape index (κ2) is 6.48. The molecule has 1 N–H and O–H groups in total. The molecule has 3 aromatic heterocycles. The fraction of sp³-hybridized carbons (Fsp3) is 0.421. The van der Waals surface area contributed by atoms with Crippen molar-refractivity contribution in [3.05, 3.63) is 34.8 Å². The normalized spacial score (nSPS) is 17.8. The van der Waals surface area contributed by atoms with Crippen LogP contribution in [0.5, 0.6) is 0 Å². The van der Waals surface area contributed by atoms with E-state index in [1.165, 1.54) is 43.6 Å². The van der Waals surface area contributed by atoms with E-state index in [0.29, 0.717) is 17.3 Å². The lowest BCUT2D eigenvalue weighted by molar-refractivity contribution is 0.112. The predicted octanol–water partition coefficient (Wildman–Crippen LogP) is 3.44. The van der Waals surface area contributed by atoms with Crippen molar-refractivity contribution in [2.24, 2.45) is 0 Å². The average molecular weight is 367 g/mol. The van der Waals surface area contributed by atoms with Gasteiger partial charge in [-0.2, -0.15) is 9.61 Å². The molecule has 26 heavy (non-hydrogen) atoms. The Kier molecular flexibility index (Phi) is 3.98. The molecule has 0 radical (unpaired) electrons. The van der Waals surface area contributed by atoms with Crippen LogP contribution in [0.4, 0.5) is 5.82 Å². The molecule has 1 saturated heterocycles. The third-order valence-corrected chi connectivity index (χ3v) is 6.14. The number of carbonyl (C=O) groups excluding carboxylic acids is 1. The summed E-state index contributed by atoms with van der Waals surface area (Å²) < 4.78 is 1.74. The Balaban J connectivity index is 1.51. The number of likely N-dealkylation sites (tertiary alicyclic amines) is 1. The Bertz CT molecular complexity index is 952. The van der Waals surface area contributed by atoms with Crippen molar-refractivity contribution in [2.45, 2.75) is 38.3 Å². The average Bonchev–Trinajstić information content (AvgIpc) is 3.08. The molecule has 1 aliphatic heterocycles. The summed E-state index contributed by atoms with van der Waals surface area (Å²) in [6.07, 6.45) is 7.39. The van der Waals surface area contributed by atoms with E-state index in [2.05, 4.69) is 33.5 Å². The van der Waals surface area contributed by atoms with E-state index in [1.807, 2.05) is 0 Å². The molecule has 4 heterocycles. The fourth-order valence-electron chi connectivity index (χ4n) is 3.49. The molecule has 0 amide bonds. The van der Waals surface area contributed by atoms with Gasteiger partial charge in [0.15, 0.2) is 11.9 Å². The fourth-order valence-corrected chi connectivity index (χ4v) is 4.50. The smallest absolute Gasteiger partial charge is 0.168 e. The molecule has 0 unspecified atom stereocenters. The highest BCUT2D eigenvalue weighted by Gasteiger charge is 2.23. The van der Waals surface area contributed by atoms with Gasteiger partial charge in [0.1, 0.15) is 5.82 Å². The second-order valence-corrected chi connectivity index (χ2v) is 8.32. The lowest BCUT2D eigenvalue weighted by atomic mass is 10.3. The van der Waals surface area contributed by atoms with E-state index < -0.39 is 0 Å². The third-order valence-electron chi connectivity index (χ3n) is 5.05. The van der Waals surface area contributed by atoms with Crippen LogP contribution in [0.15, 0.2) is 24.4 Å². The molecule has 0 bridgehead atoms. The number of aldehydes is 1. The van der Waals surface area contributed by atoms with Gasteiger partial charge in [-0.25, -0.2) is 4.98 Å². The number of anilines is 1. The lowest BCUT2D eigenvalue weighted by Crippen LogP contribution is -2.17. The molecule has 6 nitrogen and oxygen atoms in total. The first-order chi connectivity index (χ1) is 12.8. The van der Waals surface area contributed by atoms with Gasteiger partial charge in [0, 0.05) is 23.5 Å². The van der Waals surface area contributed by atoms with E-state index in [-0.39, 0.29) is 0 Å². The van der Waals surface area contributed by atoms with E-state index >= 15 is 0 Å². The van der Waals surface area contributed by atoms with Crippen molar-refractivity contribution in [1.82, 2.24) is 19.5 Å². The highest BCUT2D eigenvalue weighted by atomic mass is 32.1. The van der Waals surface area contributed by atoms with Crippen LogP contribution in [0.3, 0.4) is 0 Å². The van der Waals surface area contributed by atoms with Gasteiger partial charge < -0.3 is 5.32 Å². The summed E-state index contributed by atoms with van der Waals surface area (Å²) in [6.45, 7) is 3.42. The molecule has 1 saturated carbocycles. The number of nitrogens with zero attached hydrogens (tertiary/aromatic N) is 4. The number of carbonyl (C=O) groups is 1. The molecule has 0 atom stereocenters. The van der Waals surface area contributed by atoms with Gasteiger partial charge in [0.05, 0.1) is 22.3 Å². The number of hydrogen-bond donors (Lipinski definition) is 1. The quantitative estimate of drug-likeness (QED) is 0.676. The number of thiophene rings is 1. The van der Waals surface area contributed by atoms with Crippen LogP contribution in [-0.2, 0) is 6.54 Å². The van der Waals surface area contributed by atoms with Crippen LogP contribution in [-0.4, -0.2) is 44.9 Å². The van der Waals surface area contributed by atoms with E-state index in [9.17, 15) is 4.79 Å². The van der Waals surface area contributed by atoms with Crippen LogP contribution in [0.25, 0.3) is 16.2 Å². The highest BCUT2D eigenvalue weighted by molar-refractivity contribution is 7.15. The predicted molar refractivity (Wildman–Crippen MR) is 103 cm³/mol. The zero-order chi connectivity index (χ0) is 17.5. The molecule has 2 fully saturated rings. The van der Waals surface area contributed by atoms with Crippen molar-refractivity contribution >= 4 is 29.1 Å². The minimum absolute atomic E-state index is 0.506. The Morgan fingerprint density at radius 3 is 2.88 bits per heavy atom. The number of hydrogen-bond acceptors (Lipinski definition) is 6. The molecular weight excluding hydrogens is 346 g/mol. The summed E-state index contributed by atoms with van der Waals surface area (Å²) in [7, 11) is 0. The van der Waals surface area contributed by atoms with Crippen molar-refractivity contribution < 1.29 is 4.79 Å². The van der Waals surface area contributed by atoms with Gasteiger partial charge >= 0.3 is 0 Å². The number of aromatic nitrogens is 3. The summed E-state index contributed by atoms with van der Waals surface area (Å²) in [6, 6.07) is 6.91. The van der Waals surface area contributed by atoms with Crippen LogP contribution >= 0.6 is 11.3 Å². The molecule has 3 aromatic rings. The van der Waals surface area contributed by atoms with Gasteiger partial charge in [-0.1, -0.05) is 0 Å². The first-order valence-electron chi connectivity index (χ1n) is 9.22. The van der Waals surface area contributed by atoms with Gasteiger partial charge in [-0.15, -0.1) is 11.3 Å². The first kappa shape index (κ1) is 16.0. The van der Waals surface area contributed by atoms with Gasteiger partial charge in [-0.05, 0) is 50.9 Å². The van der Waals surface area contributed by atoms with E-state index in [0.717, 1.165) is 29.2 Å². The van der Waals surface area contributed by atoms with Crippen molar-refractivity contribution in [3.8, 4) is 10.6 Å². The van der Waals surface area contributed by atoms with Crippen LogP contribution in [0.2, 0.25) is 0 Å². The summed E-state index contributed by atoms with van der Waals surface area (Å²) in [4.78, 5) is 21.1. The first-order valence-corrected chi connectivity index (χ1v) is 10.0. The monoisotopic (exact) mass is 367 g/mol. The molecule has 7 heteroatoms. The molecule has 1 aliphatic carbocycles. The summed E-state index contributed by atoms with van der Waals surface area (Å²) in [5.41, 5.74) is 2.05. The molecule has 134 valence electrons. The molecule has 2 aliphatic rings. The standard InChI is InChI=1S/C19H21N5OS/c25-12-13-10-20-24-18(21-14-3-4-14)9-16(22-19(13)24)17-6-5-15(26-17)11-23-7-1-2-8-23/h5-6,9-10,12,14,21H,1-4,7-8,11H2. The Labute approximate surface area is 155 Å². The zero-order valence-corrected chi connectivity index (χ0v) is 15.3. The summed E-state index contributed by atoms with van der Waals surface area (Å²) >= 11 is 1.79. The topological polar surface area (TPSA) is 62.5 Å². The van der Waals surface area contributed by atoms with Crippen LogP contribution in [0.1, 0.15) is 40.9 Å². The maximum atomic E-state index is 11.4. The van der Waals surface area contributed by atoms with Crippen LogP contribution < -0.4 is 5.32 Å². The van der Waals surface area contributed by atoms with Crippen LogP contribution in [0, 0.1) is 0 Å². The van der Waals surface area contributed by atoms with Gasteiger partial charge in [-0.3, -0.25) is 9.69 Å². The molecule has 0 aromatic carbocycles. The molecule has 5 rings (SSSR count). The maximum absolute atomic E-state index is 11.4. The van der Waals surface area contributed by atoms with Gasteiger partial charge in [0.25, 0.3) is 0 Å². The van der Waals surface area contributed by atoms with E-state index in [1.54, 1.807) is 22.0 Å².